The van der Waals surface area contributed by atoms with Crippen molar-refractivity contribution in [3.05, 3.63) is 51.2 Å². The van der Waals surface area contributed by atoms with Crippen molar-refractivity contribution in [3.63, 3.8) is 0 Å². The predicted octanol–water partition coefficient (Wildman–Crippen LogP) is 3.57. The molecule has 0 fully saturated rings. The Bertz CT molecular complexity index is 843. The molecule has 0 heterocycles. The molecule has 3 N–H and O–H groups in total. The summed E-state index contributed by atoms with van der Waals surface area (Å²) in [5.41, 5.74) is 1.41. The number of amides is 1. The largest absolute Gasteiger partial charge is 0.497 e. The normalized spacial score (nSPS) is 10.2. The van der Waals surface area contributed by atoms with Gasteiger partial charge in [0.25, 0.3) is 5.91 Å². The van der Waals surface area contributed by atoms with E-state index in [9.17, 15) is 9.18 Å². The SMILES string of the molecule is CNc1cc(C(=O)NCc2ccc(OC)cc2OC)c(F)c(Br)c1C=N. The van der Waals surface area contributed by atoms with Gasteiger partial charge in [0.15, 0.2) is 5.82 Å². The average Bonchev–Trinajstić information content (AvgIpc) is 2.67. The highest BCUT2D eigenvalue weighted by molar-refractivity contribution is 9.10. The monoisotopic (exact) mass is 423 g/mol. The summed E-state index contributed by atoms with van der Waals surface area (Å²) in [4.78, 5) is 12.5. The predicted molar refractivity (Wildman–Crippen MR) is 102 cm³/mol. The van der Waals surface area contributed by atoms with Crippen LogP contribution < -0.4 is 20.1 Å². The molecule has 8 heteroatoms. The van der Waals surface area contributed by atoms with Crippen LogP contribution in [0.4, 0.5) is 10.1 Å². The van der Waals surface area contributed by atoms with Gasteiger partial charge in [0.05, 0.1) is 24.3 Å². The maximum absolute atomic E-state index is 14.5. The highest BCUT2D eigenvalue weighted by Crippen LogP contribution is 2.30. The van der Waals surface area contributed by atoms with Gasteiger partial charge in [-0.3, -0.25) is 4.79 Å². The summed E-state index contributed by atoms with van der Waals surface area (Å²) in [6.07, 6.45) is 1.02. The fourth-order valence-corrected chi connectivity index (χ4v) is 2.96. The molecule has 2 aromatic carbocycles. The molecule has 1 amide bonds. The third kappa shape index (κ3) is 3.96. The van der Waals surface area contributed by atoms with Gasteiger partial charge < -0.3 is 25.5 Å². The Hall–Kier alpha value is -2.61. The number of nitrogens with one attached hydrogen (secondary N) is 3. The standard InChI is InChI=1S/C18H19BrFN3O3/c1-22-14-7-12(17(20)16(19)13(14)8-21)18(24)23-9-10-4-5-11(25-2)6-15(10)26-3/h4-8,21-22H,9H2,1-3H3,(H,23,24). The number of hydrogen-bond acceptors (Lipinski definition) is 5. The molecule has 0 aliphatic rings. The van der Waals surface area contributed by atoms with Gasteiger partial charge in [0, 0.05) is 42.7 Å². The van der Waals surface area contributed by atoms with Gasteiger partial charge in [0.1, 0.15) is 11.5 Å². The van der Waals surface area contributed by atoms with Crippen molar-refractivity contribution in [2.45, 2.75) is 6.54 Å². The summed E-state index contributed by atoms with van der Waals surface area (Å²) < 4.78 is 25.0. The van der Waals surface area contributed by atoms with Gasteiger partial charge >= 0.3 is 0 Å². The molecular formula is C18H19BrFN3O3. The summed E-state index contributed by atoms with van der Waals surface area (Å²) in [5.74, 6) is -0.107. The number of halogens is 2. The molecule has 0 bridgehead atoms. The molecule has 2 aromatic rings. The van der Waals surface area contributed by atoms with E-state index in [1.165, 1.54) is 13.2 Å². The van der Waals surface area contributed by atoms with E-state index in [0.29, 0.717) is 22.7 Å². The molecule has 6 nitrogen and oxygen atoms in total. The molecule has 26 heavy (non-hydrogen) atoms. The first-order valence-corrected chi connectivity index (χ1v) is 8.45. The molecule has 0 aliphatic carbocycles. The van der Waals surface area contributed by atoms with Gasteiger partial charge in [0.2, 0.25) is 0 Å². The van der Waals surface area contributed by atoms with Crippen LogP contribution in [0.25, 0.3) is 0 Å². The van der Waals surface area contributed by atoms with Crippen LogP contribution >= 0.6 is 15.9 Å². The summed E-state index contributed by atoms with van der Waals surface area (Å²) in [5, 5.41) is 12.9. The quantitative estimate of drug-likeness (QED) is 0.594. The first-order chi connectivity index (χ1) is 12.5. The van der Waals surface area contributed by atoms with Crippen molar-refractivity contribution in [1.29, 1.82) is 5.41 Å². The summed E-state index contributed by atoms with van der Waals surface area (Å²) >= 11 is 3.11. The highest BCUT2D eigenvalue weighted by Gasteiger charge is 2.20. The molecule has 0 saturated carbocycles. The van der Waals surface area contributed by atoms with Crippen LogP contribution in [-0.4, -0.2) is 33.4 Å². The smallest absolute Gasteiger partial charge is 0.254 e. The van der Waals surface area contributed by atoms with Crippen molar-refractivity contribution < 1.29 is 18.7 Å². The minimum Gasteiger partial charge on any atom is -0.497 e. The number of anilines is 1. The van der Waals surface area contributed by atoms with Crippen molar-refractivity contribution in [2.75, 3.05) is 26.6 Å². The third-order valence-corrected chi connectivity index (χ3v) is 4.61. The zero-order valence-electron chi connectivity index (χ0n) is 14.6. The minimum atomic E-state index is -0.721. The molecule has 0 aromatic heterocycles. The van der Waals surface area contributed by atoms with E-state index in [0.717, 1.165) is 11.8 Å². The Labute approximate surface area is 159 Å². The Kier molecular flexibility index (Phi) is 6.57. The zero-order valence-corrected chi connectivity index (χ0v) is 16.2. The molecule has 0 atom stereocenters. The van der Waals surface area contributed by atoms with E-state index in [-0.39, 0.29) is 16.6 Å². The Morgan fingerprint density at radius 1 is 1.31 bits per heavy atom. The number of carbonyl (C=O) groups is 1. The molecule has 0 aliphatic heterocycles. The number of carbonyl (C=O) groups excluding carboxylic acids is 1. The van der Waals surface area contributed by atoms with Crippen molar-refractivity contribution in [2.24, 2.45) is 0 Å². The Morgan fingerprint density at radius 2 is 2.04 bits per heavy atom. The Morgan fingerprint density at radius 3 is 2.62 bits per heavy atom. The summed E-state index contributed by atoms with van der Waals surface area (Å²) in [6, 6.07) is 6.60. The fraction of sp³-hybridized carbons (Fsp3) is 0.222. The van der Waals surface area contributed by atoms with Gasteiger partial charge in [-0.2, -0.15) is 0 Å². The lowest BCUT2D eigenvalue weighted by Crippen LogP contribution is -2.24. The van der Waals surface area contributed by atoms with Crippen molar-refractivity contribution in [1.82, 2.24) is 5.32 Å². The lowest BCUT2D eigenvalue weighted by Gasteiger charge is -2.14. The van der Waals surface area contributed by atoms with Crippen LogP contribution in [0.1, 0.15) is 21.5 Å². The van der Waals surface area contributed by atoms with E-state index < -0.39 is 11.7 Å². The number of benzene rings is 2. The van der Waals surface area contributed by atoms with E-state index in [1.54, 1.807) is 32.4 Å². The molecule has 0 saturated heterocycles. The van der Waals surface area contributed by atoms with Crippen molar-refractivity contribution >= 4 is 33.7 Å². The number of methoxy groups -OCH3 is 2. The van der Waals surface area contributed by atoms with Gasteiger partial charge in [-0.15, -0.1) is 0 Å². The lowest BCUT2D eigenvalue weighted by molar-refractivity contribution is 0.0946. The van der Waals surface area contributed by atoms with E-state index >= 15 is 0 Å². The topological polar surface area (TPSA) is 83.4 Å². The molecule has 0 spiro atoms. The van der Waals surface area contributed by atoms with Gasteiger partial charge in [-0.25, -0.2) is 4.39 Å². The van der Waals surface area contributed by atoms with Crippen molar-refractivity contribution in [3.8, 4) is 11.5 Å². The van der Waals surface area contributed by atoms with Gasteiger partial charge in [-0.05, 0) is 34.1 Å². The first-order valence-electron chi connectivity index (χ1n) is 7.66. The lowest BCUT2D eigenvalue weighted by atomic mass is 10.1. The van der Waals surface area contributed by atoms with Crippen LogP contribution in [0.2, 0.25) is 0 Å². The number of rotatable bonds is 7. The second-order valence-corrected chi connectivity index (χ2v) is 6.06. The second-order valence-electron chi connectivity index (χ2n) is 5.27. The summed E-state index contributed by atoms with van der Waals surface area (Å²) in [7, 11) is 4.71. The van der Waals surface area contributed by atoms with E-state index in [4.69, 9.17) is 14.9 Å². The number of hydrogen-bond donors (Lipinski definition) is 3. The second kappa shape index (κ2) is 8.66. The fourth-order valence-electron chi connectivity index (χ4n) is 2.42. The first kappa shape index (κ1) is 19.7. The highest BCUT2D eigenvalue weighted by atomic mass is 79.9. The molecule has 0 radical (unpaired) electrons. The van der Waals surface area contributed by atoms with Crippen LogP contribution in [0.5, 0.6) is 11.5 Å². The zero-order chi connectivity index (χ0) is 19.3. The molecular weight excluding hydrogens is 405 g/mol. The molecule has 0 unspecified atom stereocenters. The van der Waals surface area contributed by atoms with Crippen LogP contribution in [0, 0.1) is 11.2 Å². The molecule has 138 valence electrons. The maximum atomic E-state index is 14.5. The van der Waals surface area contributed by atoms with Crippen LogP contribution in [0.3, 0.4) is 0 Å². The van der Waals surface area contributed by atoms with Crippen LogP contribution in [-0.2, 0) is 6.54 Å². The van der Waals surface area contributed by atoms with E-state index in [1.807, 2.05) is 0 Å². The average molecular weight is 424 g/mol. The summed E-state index contributed by atoms with van der Waals surface area (Å²) in [6.45, 7) is 0.157. The van der Waals surface area contributed by atoms with Gasteiger partial charge in [-0.1, -0.05) is 0 Å². The molecule has 2 rings (SSSR count). The van der Waals surface area contributed by atoms with Crippen LogP contribution in [0.15, 0.2) is 28.7 Å². The van der Waals surface area contributed by atoms with E-state index in [2.05, 4.69) is 26.6 Å². The third-order valence-electron chi connectivity index (χ3n) is 3.84. The number of ether oxygens (including phenoxy) is 2. The minimum absolute atomic E-state index is 0.0616. The Balaban J connectivity index is 2.26. The maximum Gasteiger partial charge on any atom is 0.254 e.